The van der Waals surface area contributed by atoms with Crippen molar-refractivity contribution >= 4 is 29.9 Å². The fraction of sp³-hybridized carbons (Fsp3) is 0.500. The zero-order valence-corrected chi connectivity index (χ0v) is 17.7. The van der Waals surface area contributed by atoms with E-state index in [9.17, 15) is 0 Å². The van der Waals surface area contributed by atoms with Gasteiger partial charge in [0.05, 0.1) is 5.69 Å². The van der Waals surface area contributed by atoms with Crippen LogP contribution in [0.1, 0.15) is 49.3 Å². The highest BCUT2D eigenvalue weighted by atomic mass is 127. The lowest BCUT2D eigenvalue weighted by Crippen LogP contribution is -2.38. The van der Waals surface area contributed by atoms with Gasteiger partial charge in [-0.3, -0.25) is 4.98 Å². The van der Waals surface area contributed by atoms with Crippen LogP contribution in [0.5, 0.6) is 0 Å². The average molecular weight is 457 g/mol. The quantitative estimate of drug-likeness (QED) is 0.379. The molecule has 0 aromatic carbocycles. The normalized spacial score (nSPS) is 11.3. The molecule has 138 valence electrons. The molecule has 2 aromatic rings. The van der Waals surface area contributed by atoms with Crippen LogP contribution in [0.4, 0.5) is 0 Å². The van der Waals surface area contributed by atoms with E-state index >= 15 is 0 Å². The molecule has 6 nitrogen and oxygen atoms in total. The third-order valence-electron chi connectivity index (χ3n) is 3.73. The molecular weight excluding hydrogens is 429 g/mol. The molecule has 0 unspecified atom stereocenters. The van der Waals surface area contributed by atoms with Gasteiger partial charge < -0.3 is 15.2 Å². The van der Waals surface area contributed by atoms with Gasteiger partial charge in [-0.25, -0.2) is 4.99 Å². The van der Waals surface area contributed by atoms with Crippen molar-refractivity contribution in [3.8, 4) is 0 Å². The summed E-state index contributed by atoms with van der Waals surface area (Å²) < 4.78 is 5.32. The van der Waals surface area contributed by atoms with Crippen LogP contribution in [-0.4, -0.2) is 29.2 Å². The van der Waals surface area contributed by atoms with E-state index in [1.54, 1.807) is 0 Å². The van der Waals surface area contributed by atoms with Crippen molar-refractivity contribution in [2.75, 3.05) is 13.1 Å². The summed E-state index contributed by atoms with van der Waals surface area (Å²) in [6.45, 7) is 10.4. The highest BCUT2D eigenvalue weighted by Gasteiger charge is 2.07. The second kappa shape index (κ2) is 11.1. The van der Waals surface area contributed by atoms with Crippen molar-refractivity contribution in [1.29, 1.82) is 0 Å². The van der Waals surface area contributed by atoms with Gasteiger partial charge in [-0.05, 0) is 43.4 Å². The first-order valence-corrected chi connectivity index (χ1v) is 8.47. The van der Waals surface area contributed by atoms with Crippen LogP contribution in [-0.2, 0) is 13.0 Å². The number of hydrogen-bond donors (Lipinski definition) is 2. The number of rotatable bonds is 7. The van der Waals surface area contributed by atoms with Crippen molar-refractivity contribution in [3.63, 3.8) is 0 Å². The molecule has 25 heavy (non-hydrogen) atoms. The highest BCUT2D eigenvalue weighted by Crippen LogP contribution is 2.14. The number of guanidine groups is 1. The fourth-order valence-electron chi connectivity index (χ4n) is 2.27. The summed E-state index contributed by atoms with van der Waals surface area (Å²) in [6, 6.07) is 4.03. The third-order valence-corrected chi connectivity index (χ3v) is 3.73. The van der Waals surface area contributed by atoms with Gasteiger partial charge in [0.15, 0.2) is 11.7 Å². The van der Waals surface area contributed by atoms with E-state index in [0.717, 1.165) is 36.9 Å². The molecule has 0 amide bonds. The Morgan fingerprint density at radius 2 is 2.12 bits per heavy atom. The molecule has 2 aromatic heterocycles. The molecule has 0 atom stereocenters. The van der Waals surface area contributed by atoms with Crippen molar-refractivity contribution < 1.29 is 4.52 Å². The monoisotopic (exact) mass is 457 g/mol. The first kappa shape index (κ1) is 21.4. The molecule has 0 saturated carbocycles. The lowest BCUT2D eigenvalue weighted by molar-refractivity contribution is 0.376. The molecule has 0 fully saturated rings. The second-order valence-electron chi connectivity index (χ2n) is 6.05. The van der Waals surface area contributed by atoms with E-state index in [-0.39, 0.29) is 24.0 Å². The van der Waals surface area contributed by atoms with E-state index < -0.39 is 0 Å². The predicted octanol–water partition coefficient (Wildman–Crippen LogP) is 3.42. The van der Waals surface area contributed by atoms with Gasteiger partial charge >= 0.3 is 0 Å². The molecule has 0 aliphatic carbocycles. The maximum atomic E-state index is 5.32. The Morgan fingerprint density at radius 1 is 1.32 bits per heavy atom. The molecule has 0 bridgehead atoms. The maximum Gasteiger partial charge on any atom is 0.191 e. The first-order valence-electron chi connectivity index (χ1n) is 8.47. The van der Waals surface area contributed by atoms with Crippen LogP contribution in [0.2, 0.25) is 0 Å². The van der Waals surface area contributed by atoms with Crippen molar-refractivity contribution in [1.82, 2.24) is 20.8 Å². The van der Waals surface area contributed by atoms with E-state index in [4.69, 9.17) is 4.52 Å². The molecular formula is C18H28IN5O. The first-order chi connectivity index (χ1) is 11.6. The number of aromatic nitrogens is 2. The molecule has 7 heteroatoms. The Hall–Kier alpha value is -1.64. The minimum absolute atomic E-state index is 0. The van der Waals surface area contributed by atoms with E-state index in [1.807, 2.05) is 18.5 Å². The Morgan fingerprint density at radius 3 is 2.76 bits per heavy atom. The number of nitrogens with zero attached hydrogens (tertiary/aromatic N) is 3. The van der Waals surface area contributed by atoms with Gasteiger partial charge in [0.25, 0.3) is 0 Å². The SMILES string of the molecule is CCNC(=NCc1cc(C(C)C)no1)NCCc1ccncc1C.I. The summed E-state index contributed by atoms with van der Waals surface area (Å²) in [4.78, 5) is 8.68. The number of aliphatic imine (C=N–C) groups is 1. The van der Waals surface area contributed by atoms with E-state index in [2.05, 4.69) is 59.5 Å². The Bertz CT molecular complexity index is 669. The zero-order chi connectivity index (χ0) is 17.4. The van der Waals surface area contributed by atoms with Gasteiger partial charge in [-0.1, -0.05) is 19.0 Å². The average Bonchev–Trinajstić information content (AvgIpc) is 3.03. The fourth-order valence-corrected chi connectivity index (χ4v) is 2.27. The van der Waals surface area contributed by atoms with Crippen molar-refractivity contribution in [3.05, 3.63) is 47.1 Å². The van der Waals surface area contributed by atoms with Gasteiger partial charge in [-0.15, -0.1) is 24.0 Å². The number of aryl methyl sites for hydroxylation is 1. The van der Waals surface area contributed by atoms with Crippen LogP contribution < -0.4 is 10.6 Å². The van der Waals surface area contributed by atoms with E-state index in [1.165, 1.54) is 11.1 Å². The smallest absolute Gasteiger partial charge is 0.191 e. The lowest BCUT2D eigenvalue weighted by Gasteiger charge is -2.11. The molecule has 0 aliphatic rings. The number of halogens is 1. The summed E-state index contributed by atoms with van der Waals surface area (Å²) in [6.07, 6.45) is 4.65. The van der Waals surface area contributed by atoms with Crippen LogP contribution in [0.25, 0.3) is 0 Å². The minimum atomic E-state index is 0. The third kappa shape index (κ3) is 7.01. The summed E-state index contributed by atoms with van der Waals surface area (Å²) >= 11 is 0. The number of hydrogen-bond acceptors (Lipinski definition) is 4. The Kier molecular flexibility index (Phi) is 9.48. The lowest BCUT2D eigenvalue weighted by atomic mass is 10.1. The Labute approximate surface area is 166 Å². The zero-order valence-electron chi connectivity index (χ0n) is 15.4. The van der Waals surface area contributed by atoms with Crippen LogP contribution in [0.15, 0.2) is 34.0 Å². The van der Waals surface area contributed by atoms with Crippen LogP contribution >= 0.6 is 24.0 Å². The van der Waals surface area contributed by atoms with Gasteiger partial charge in [0, 0.05) is 31.5 Å². The van der Waals surface area contributed by atoms with Crippen LogP contribution in [0, 0.1) is 6.92 Å². The van der Waals surface area contributed by atoms with Crippen molar-refractivity contribution in [2.45, 2.75) is 46.6 Å². The number of nitrogens with one attached hydrogen (secondary N) is 2. The summed E-state index contributed by atoms with van der Waals surface area (Å²) in [5, 5.41) is 10.7. The molecule has 0 saturated heterocycles. The van der Waals surface area contributed by atoms with Crippen molar-refractivity contribution in [2.24, 2.45) is 4.99 Å². The highest BCUT2D eigenvalue weighted by molar-refractivity contribution is 14.0. The van der Waals surface area contributed by atoms with Gasteiger partial charge in [0.2, 0.25) is 0 Å². The molecule has 0 aliphatic heterocycles. The molecule has 2 heterocycles. The molecule has 2 rings (SSSR count). The number of pyridine rings is 1. The minimum Gasteiger partial charge on any atom is -0.359 e. The predicted molar refractivity (Wildman–Crippen MR) is 112 cm³/mol. The second-order valence-corrected chi connectivity index (χ2v) is 6.05. The van der Waals surface area contributed by atoms with Crippen LogP contribution in [0.3, 0.4) is 0 Å². The summed E-state index contributed by atoms with van der Waals surface area (Å²) in [5.74, 6) is 1.93. The van der Waals surface area contributed by atoms with E-state index in [0.29, 0.717) is 12.5 Å². The Balaban J connectivity index is 0.00000312. The maximum absolute atomic E-state index is 5.32. The topological polar surface area (TPSA) is 75.3 Å². The molecule has 0 radical (unpaired) electrons. The van der Waals surface area contributed by atoms with Gasteiger partial charge in [-0.2, -0.15) is 0 Å². The van der Waals surface area contributed by atoms with Gasteiger partial charge in [0.1, 0.15) is 6.54 Å². The summed E-state index contributed by atoms with van der Waals surface area (Å²) in [5.41, 5.74) is 3.47. The largest absolute Gasteiger partial charge is 0.359 e. The molecule has 0 spiro atoms. The molecule has 2 N–H and O–H groups in total. The standard InChI is InChI=1S/C18H27N5O.HI/c1-5-20-18(21-9-7-15-6-8-19-11-14(15)4)22-12-16-10-17(13(2)3)23-24-16;/h6,8,10-11,13H,5,7,9,12H2,1-4H3,(H2,20,21,22);1H. The summed E-state index contributed by atoms with van der Waals surface area (Å²) in [7, 11) is 0.